The predicted molar refractivity (Wildman–Crippen MR) is 114 cm³/mol. The molecule has 0 saturated heterocycles. The molecule has 3 aliphatic carbocycles. The van der Waals surface area contributed by atoms with Crippen LogP contribution in [0.25, 0.3) is 0 Å². The average molecular weight is 392 g/mol. The van der Waals surface area contributed by atoms with Crippen LogP contribution in [-0.2, 0) is 0 Å². The Labute approximate surface area is 167 Å². The van der Waals surface area contributed by atoms with Gasteiger partial charge in [-0.25, -0.2) is 5.01 Å². The van der Waals surface area contributed by atoms with Crippen LogP contribution in [0.4, 0.5) is 0 Å². The van der Waals surface area contributed by atoms with Crippen molar-refractivity contribution in [2.45, 2.75) is 75.6 Å². The van der Waals surface area contributed by atoms with E-state index in [1.54, 1.807) is 11.1 Å². The van der Waals surface area contributed by atoms with Crippen LogP contribution in [0.2, 0.25) is 0 Å². The fraction of sp³-hybridized carbons (Fsp3) is 0.714. The van der Waals surface area contributed by atoms with E-state index in [1.165, 1.54) is 63.5 Å². The summed E-state index contributed by atoms with van der Waals surface area (Å²) in [6.07, 6.45) is 14.3. The second kappa shape index (κ2) is 8.02. The lowest BCUT2D eigenvalue weighted by atomic mass is 9.69. The minimum atomic E-state index is 0.245. The number of allylic oxidation sites excluding steroid dienone is 2. The first-order chi connectivity index (χ1) is 12.7. The van der Waals surface area contributed by atoms with Gasteiger partial charge in [-0.05, 0) is 75.1 Å². The number of thiocarbonyl (C=S) groups is 1. The lowest BCUT2D eigenvalue weighted by Gasteiger charge is -2.40. The summed E-state index contributed by atoms with van der Waals surface area (Å²) >= 11 is 12.6. The van der Waals surface area contributed by atoms with E-state index in [0.717, 1.165) is 11.5 Å². The van der Waals surface area contributed by atoms with Gasteiger partial charge in [-0.1, -0.05) is 24.5 Å². The highest BCUT2D eigenvalue weighted by molar-refractivity contribution is 7.80. The number of rotatable bonds is 3. The number of nitrogens with one attached hydrogen (secondary N) is 1. The van der Waals surface area contributed by atoms with E-state index < -0.39 is 0 Å². The predicted octanol–water partition coefficient (Wildman–Crippen LogP) is 5.17. The second-order valence-corrected chi connectivity index (χ2v) is 9.14. The van der Waals surface area contributed by atoms with E-state index in [4.69, 9.17) is 28.9 Å². The van der Waals surface area contributed by atoms with Gasteiger partial charge in [-0.15, -0.1) is 18.2 Å². The molecular weight excluding hydrogens is 362 g/mol. The van der Waals surface area contributed by atoms with E-state index in [9.17, 15) is 0 Å². The zero-order chi connectivity index (χ0) is 18.1. The molecule has 1 saturated carbocycles. The van der Waals surface area contributed by atoms with Crippen LogP contribution >= 0.6 is 23.8 Å². The summed E-state index contributed by atoms with van der Waals surface area (Å²) in [5.41, 5.74) is 4.57. The summed E-state index contributed by atoms with van der Waals surface area (Å²) in [6.45, 7) is 4.48. The van der Waals surface area contributed by atoms with Crippen LogP contribution in [0.5, 0.6) is 0 Å². The summed E-state index contributed by atoms with van der Waals surface area (Å²) in [5.74, 6) is 0.977. The van der Waals surface area contributed by atoms with Crippen molar-refractivity contribution in [3.63, 3.8) is 0 Å². The summed E-state index contributed by atoms with van der Waals surface area (Å²) in [7, 11) is 0. The van der Waals surface area contributed by atoms with E-state index in [2.05, 4.69) is 16.9 Å². The summed E-state index contributed by atoms with van der Waals surface area (Å²) < 4.78 is 0. The van der Waals surface area contributed by atoms with Gasteiger partial charge in [-0.3, -0.25) is 0 Å². The summed E-state index contributed by atoms with van der Waals surface area (Å²) in [5, 5.41) is 11.6. The van der Waals surface area contributed by atoms with Gasteiger partial charge in [0.15, 0.2) is 5.11 Å². The van der Waals surface area contributed by atoms with Crippen LogP contribution in [-0.4, -0.2) is 33.8 Å². The molecule has 0 aromatic heterocycles. The molecule has 26 heavy (non-hydrogen) atoms. The Balaban J connectivity index is 1.66. The van der Waals surface area contributed by atoms with Crippen LogP contribution in [0.15, 0.2) is 28.9 Å². The Kier molecular flexibility index (Phi) is 5.70. The summed E-state index contributed by atoms with van der Waals surface area (Å²) in [6, 6.07) is 0.327. The van der Waals surface area contributed by atoms with E-state index in [1.807, 2.05) is 6.08 Å². The number of halogens is 1. The third kappa shape index (κ3) is 3.35. The van der Waals surface area contributed by atoms with Gasteiger partial charge < -0.3 is 5.32 Å². The third-order valence-electron chi connectivity index (χ3n) is 6.69. The first-order valence-corrected chi connectivity index (χ1v) is 11.2. The molecule has 1 N–H and O–H groups in total. The Hall–Kier alpha value is -0.870. The molecule has 0 aromatic carbocycles. The van der Waals surface area contributed by atoms with E-state index in [0.29, 0.717) is 24.4 Å². The first kappa shape index (κ1) is 18.5. The summed E-state index contributed by atoms with van der Waals surface area (Å²) in [4.78, 5) is 0. The van der Waals surface area contributed by atoms with Crippen molar-refractivity contribution < 1.29 is 0 Å². The molecule has 142 valence electrons. The van der Waals surface area contributed by atoms with Gasteiger partial charge in [0.2, 0.25) is 0 Å². The normalized spacial score (nSPS) is 34.0. The Morgan fingerprint density at radius 3 is 2.81 bits per heavy atom. The molecule has 0 amide bonds. The molecule has 4 atom stereocenters. The van der Waals surface area contributed by atoms with Crippen molar-refractivity contribution in [3.8, 4) is 0 Å². The molecule has 4 unspecified atom stereocenters. The molecule has 3 nitrogen and oxygen atoms in total. The fourth-order valence-electron chi connectivity index (χ4n) is 5.46. The van der Waals surface area contributed by atoms with Gasteiger partial charge in [0, 0.05) is 17.8 Å². The molecule has 0 spiro atoms. The number of hydrogen-bond acceptors (Lipinski definition) is 2. The molecule has 1 heterocycles. The van der Waals surface area contributed by atoms with Crippen molar-refractivity contribution in [1.29, 1.82) is 0 Å². The Morgan fingerprint density at radius 2 is 2.00 bits per heavy atom. The van der Waals surface area contributed by atoms with Crippen LogP contribution in [0.3, 0.4) is 0 Å². The Bertz CT molecular complexity index is 641. The van der Waals surface area contributed by atoms with Crippen molar-refractivity contribution in [1.82, 2.24) is 10.3 Å². The van der Waals surface area contributed by atoms with Crippen LogP contribution in [0.1, 0.15) is 64.2 Å². The van der Waals surface area contributed by atoms with Gasteiger partial charge in [0.1, 0.15) is 0 Å². The van der Waals surface area contributed by atoms with Crippen molar-refractivity contribution in [3.05, 3.63) is 23.8 Å². The number of hydrazone groups is 1. The SMILES string of the molecule is C=CCNC(=S)N1N=C2C3=C(CCCC3)CCC2C1C1CCCCC1Cl. The Morgan fingerprint density at radius 1 is 1.19 bits per heavy atom. The molecule has 1 fully saturated rings. The van der Waals surface area contributed by atoms with Gasteiger partial charge in [0.25, 0.3) is 0 Å². The first-order valence-electron chi connectivity index (χ1n) is 10.3. The average Bonchev–Trinajstić information content (AvgIpc) is 3.06. The highest BCUT2D eigenvalue weighted by Crippen LogP contribution is 2.46. The van der Waals surface area contributed by atoms with Crippen molar-refractivity contribution in [2.75, 3.05) is 6.54 Å². The quantitative estimate of drug-likeness (QED) is 0.408. The molecule has 4 aliphatic rings. The van der Waals surface area contributed by atoms with Crippen molar-refractivity contribution in [2.24, 2.45) is 16.9 Å². The molecule has 0 aromatic rings. The van der Waals surface area contributed by atoms with Gasteiger partial charge >= 0.3 is 0 Å². The minimum absolute atomic E-state index is 0.245. The zero-order valence-corrected chi connectivity index (χ0v) is 17.1. The van der Waals surface area contributed by atoms with Crippen LogP contribution in [0, 0.1) is 11.8 Å². The van der Waals surface area contributed by atoms with Crippen LogP contribution < -0.4 is 5.32 Å². The monoisotopic (exact) mass is 391 g/mol. The lowest BCUT2D eigenvalue weighted by molar-refractivity contribution is 0.173. The van der Waals surface area contributed by atoms with Gasteiger partial charge in [-0.2, -0.15) is 5.10 Å². The number of alkyl halides is 1. The van der Waals surface area contributed by atoms with Gasteiger partial charge in [0.05, 0.1) is 11.8 Å². The van der Waals surface area contributed by atoms with Crippen molar-refractivity contribution >= 4 is 34.6 Å². The minimum Gasteiger partial charge on any atom is -0.358 e. The number of hydrogen-bond donors (Lipinski definition) is 1. The van der Waals surface area contributed by atoms with E-state index in [-0.39, 0.29) is 5.38 Å². The molecule has 1 aliphatic heterocycles. The largest absolute Gasteiger partial charge is 0.358 e. The lowest BCUT2D eigenvalue weighted by Crippen LogP contribution is -2.50. The highest BCUT2D eigenvalue weighted by Gasteiger charge is 2.48. The molecule has 4 rings (SSSR count). The smallest absolute Gasteiger partial charge is 0.190 e. The van der Waals surface area contributed by atoms with E-state index >= 15 is 0 Å². The third-order valence-corrected chi connectivity index (χ3v) is 7.56. The fourth-order valence-corrected chi connectivity index (χ4v) is 6.14. The molecule has 5 heteroatoms. The topological polar surface area (TPSA) is 27.6 Å². The standard InChI is InChI=1S/C21H30ClN3S/c1-2-13-23-21(26)25-20(16-9-5-6-10-18(16)22)17-12-11-14-7-3-4-8-15(14)19(17)24-25/h2,16-18,20H,1,3-13H2,(H,23,26). The second-order valence-electron chi connectivity index (χ2n) is 8.19. The number of fused-ring (bicyclic) bond motifs is 2. The highest BCUT2D eigenvalue weighted by atomic mass is 35.5. The maximum atomic E-state index is 6.84. The molecular formula is C21H30ClN3S. The molecule has 0 radical (unpaired) electrons. The molecule has 0 bridgehead atoms. The maximum Gasteiger partial charge on any atom is 0.190 e. The zero-order valence-electron chi connectivity index (χ0n) is 15.6. The maximum absolute atomic E-state index is 6.84. The number of nitrogens with zero attached hydrogens (tertiary/aromatic N) is 2.